The maximum atomic E-state index is 12.6. The van der Waals surface area contributed by atoms with Crippen LogP contribution in [0.1, 0.15) is 49.9 Å². The van der Waals surface area contributed by atoms with E-state index < -0.39 is 0 Å². The van der Waals surface area contributed by atoms with Crippen LogP contribution in [-0.4, -0.2) is 29.3 Å². The van der Waals surface area contributed by atoms with E-state index in [0.29, 0.717) is 11.8 Å². The number of hydrogen-bond donors (Lipinski definition) is 0. The minimum Gasteiger partial charge on any atom is -0.292 e. The minimum atomic E-state index is 0.0693. The summed E-state index contributed by atoms with van der Waals surface area (Å²) in [6.45, 7) is 5.35. The van der Waals surface area contributed by atoms with E-state index in [1.54, 1.807) is 0 Å². The zero-order valence-electron chi connectivity index (χ0n) is 11.4. The van der Waals surface area contributed by atoms with Crippen molar-refractivity contribution in [3.63, 3.8) is 0 Å². The molecule has 18 heavy (non-hydrogen) atoms. The maximum Gasteiger partial charge on any atom is 0.179 e. The van der Waals surface area contributed by atoms with Gasteiger partial charge < -0.3 is 0 Å². The van der Waals surface area contributed by atoms with Crippen LogP contribution in [0.3, 0.4) is 0 Å². The summed E-state index contributed by atoms with van der Waals surface area (Å²) in [5, 5.41) is 0. The van der Waals surface area contributed by atoms with E-state index in [2.05, 4.69) is 18.7 Å². The van der Waals surface area contributed by atoms with Crippen LogP contribution in [0.2, 0.25) is 0 Å². The highest BCUT2D eigenvalue weighted by molar-refractivity contribution is 6.00. The predicted octanol–water partition coefficient (Wildman–Crippen LogP) is 3.52. The maximum absolute atomic E-state index is 12.6. The van der Waals surface area contributed by atoms with Crippen LogP contribution in [0, 0.1) is 0 Å². The highest BCUT2D eigenvalue weighted by atomic mass is 16.1. The number of Topliss-reactive ketones (excluding diaryl/α,β-unsaturated/α-hetero) is 1. The zero-order chi connectivity index (χ0) is 13.0. The molecule has 0 N–H and O–H groups in total. The molecule has 0 aromatic heterocycles. The minimum absolute atomic E-state index is 0.0693. The number of rotatable bonds is 7. The van der Waals surface area contributed by atoms with Gasteiger partial charge in [0.05, 0.1) is 6.04 Å². The second-order valence-electron chi connectivity index (χ2n) is 5.12. The van der Waals surface area contributed by atoms with Crippen molar-refractivity contribution in [3.05, 3.63) is 35.9 Å². The molecule has 0 aliphatic heterocycles. The normalized spacial score (nSPS) is 16.8. The molecule has 2 nitrogen and oxygen atoms in total. The zero-order valence-corrected chi connectivity index (χ0v) is 11.4. The van der Waals surface area contributed by atoms with Gasteiger partial charge in [-0.3, -0.25) is 9.69 Å². The molecule has 1 aromatic rings. The molecular weight excluding hydrogens is 222 g/mol. The van der Waals surface area contributed by atoms with Crippen molar-refractivity contribution in [3.8, 4) is 0 Å². The van der Waals surface area contributed by atoms with E-state index in [1.165, 1.54) is 12.8 Å². The molecule has 0 bridgehead atoms. The Balaban J connectivity index is 2.13. The SMILES string of the molecule is CCCN(C1CC1)C(CC)C(=O)c1ccccc1. The molecule has 2 rings (SSSR count). The van der Waals surface area contributed by atoms with E-state index in [1.807, 2.05) is 30.3 Å². The molecule has 0 saturated heterocycles. The molecule has 1 aliphatic carbocycles. The van der Waals surface area contributed by atoms with Gasteiger partial charge in [0.15, 0.2) is 5.78 Å². The second-order valence-corrected chi connectivity index (χ2v) is 5.12. The molecule has 98 valence electrons. The summed E-state index contributed by atoms with van der Waals surface area (Å²) in [5.74, 6) is 0.290. The smallest absolute Gasteiger partial charge is 0.179 e. The fraction of sp³-hybridized carbons (Fsp3) is 0.562. The molecule has 1 atom stereocenters. The molecule has 0 heterocycles. The highest BCUT2D eigenvalue weighted by Crippen LogP contribution is 2.30. The van der Waals surface area contributed by atoms with E-state index in [0.717, 1.165) is 24.9 Å². The number of hydrogen-bond acceptors (Lipinski definition) is 2. The van der Waals surface area contributed by atoms with Crippen molar-refractivity contribution in [1.82, 2.24) is 4.90 Å². The summed E-state index contributed by atoms with van der Waals surface area (Å²) in [6.07, 6.45) is 4.55. The molecule has 0 amide bonds. The van der Waals surface area contributed by atoms with Gasteiger partial charge in [0.1, 0.15) is 0 Å². The van der Waals surface area contributed by atoms with Crippen LogP contribution >= 0.6 is 0 Å². The van der Waals surface area contributed by atoms with Gasteiger partial charge in [-0.25, -0.2) is 0 Å². The van der Waals surface area contributed by atoms with Gasteiger partial charge in [-0.2, -0.15) is 0 Å². The lowest BCUT2D eigenvalue weighted by Gasteiger charge is -2.29. The monoisotopic (exact) mass is 245 g/mol. The van der Waals surface area contributed by atoms with Gasteiger partial charge in [0.2, 0.25) is 0 Å². The van der Waals surface area contributed by atoms with Crippen molar-refractivity contribution in [2.45, 2.75) is 51.6 Å². The van der Waals surface area contributed by atoms with Crippen LogP contribution in [0.5, 0.6) is 0 Å². The first kappa shape index (κ1) is 13.3. The third kappa shape index (κ3) is 2.99. The van der Waals surface area contributed by atoms with Gasteiger partial charge >= 0.3 is 0 Å². The van der Waals surface area contributed by atoms with Crippen LogP contribution < -0.4 is 0 Å². The average Bonchev–Trinajstić information content (AvgIpc) is 3.23. The van der Waals surface area contributed by atoms with E-state index in [9.17, 15) is 4.79 Å². The summed E-state index contributed by atoms with van der Waals surface area (Å²) >= 11 is 0. The Morgan fingerprint density at radius 1 is 1.28 bits per heavy atom. The van der Waals surface area contributed by atoms with Gasteiger partial charge in [0, 0.05) is 11.6 Å². The van der Waals surface area contributed by atoms with Gasteiger partial charge in [-0.05, 0) is 32.2 Å². The highest BCUT2D eigenvalue weighted by Gasteiger charge is 2.35. The lowest BCUT2D eigenvalue weighted by atomic mass is 10.0. The number of nitrogens with zero attached hydrogens (tertiary/aromatic N) is 1. The number of carbonyl (C=O) groups excluding carboxylic acids is 1. The van der Waals surface area contributed by atoms with Crippen molar-refractivity contribution in [2.24, 2.45) is 0 Å². The predicted molar refractivity (Wildman–Crippen MR) is 74.9 cm³/mol. The standard InChI is InChI=1S/C16H23NO/c1-3-12-17(14-10-11-14)15(4-2)16(18)13-8-6-5-7-9-13/h5-9,14-15H,3-4,10-12H2,1-2H3. The summed E-state index contributed by atoms with van der Waals surface area (Å²) in [7, 11) is 0. The van der Waals surface area contributed by atoms with Crippen LogP contribution in [-0.2, 0) is 0 Å². The number of benzene rings is 1. The average molecular weight is 245 g/mol. The molecule has 0 spiro atoms. The quantitative estimate of drug-likeness (QED) is 0.685. The second kappa shape index (κ2) is 6.14. The van der Waals surface area contributed by atoms with Gasteiger partial charge in [-0.15, -0.1) is 0 Å². The van der Waals surface area contributed by atoms with Gasteiger partial charge in [0.25, 0.3) is 0 Å². The van der Waals surface area contributed by atoms with E-state index in [-0.39, 0.29) is 6.04 Å². The molecular formula is C16H23NO. The lowest BCUT2D eigenvalue weighted by molar-refractivity contribution is 0.0797. The molecule has 1 unspecified atom stereocenters. The molecule has 1 aliphatic rings. The van der Waals surface area contributed by atoms with E-state index in [4.69, 9.17) is 0 Å². The Hall–Kier alpha value is -1.15. The molecule has 0 radical (unpaired) electrons. The Labute approximate surface area is 110 Å². The largest absolute Gasteiger partial charge is 0.292 e. The fourth-order valence-electron chi connectivity index (χ4n) is 2.62. The van der Waals surface area contributed by atoms with Crippen molar-refractivity contribution >= 4 is 5.78 Å². The summed E-state index contributed by atoms with van der Waals surface area (Å²) < 4.78 is 0. The summed E-state index contributed by atoms with van der Waals surface area (Å²) in [4.78, 5) is 15.0. The third-order valence-corrected chi connectivity index (χ3v) is 3.65. The van der Waals surface area contributed by atoms with Crippen molar-refractivity contribution in [2.75, 3.05) is 6.54 Å². The third-order valence-electron chi connectivity index (χ3n) is 3.65. The van der Waals surface area contributed by atoms with Crippen molar-refractivity contribution in [1.29, 1.82) is 0 Å². The van der Waals surface area contributed by atoms with Crippen LogP contribution in [0.15, 0.2) is 30.3 Å². The number of carbonyl (C=O) groups is 1. The van der Waals surface area contributed by atoms with E-state index >= 15 is 0 Å². The molecule has 1 aromatic carbocycles. The topological polar surface area (TPSA) is 20.3 Å². The van der Waals surface area contributed by atoms with Crippen molar-refractivity contribution < 1.29 is 4.79 Å². The summed E-state index contributed by atoms with van der Waals surface area (Å²) in [6, 6.07) is 10.4. The lowest BCUT2D eigenvalue weighted by Crippen LogP contribution is -2.42. The Morgan fingerprint density at radius 3 is 2.44 bits per heavy atom. The summed E-state index contributed by atoms with van der Waals surface area (Å²) in [5.41, 5.74) is 0.853. The first-order chi connectivity index (χ1) is 8.77. The molecule has 1 fully saturated rings. The Kier molecular flexibility index (Phi) is 4.54. The fourth-order valence-corrected chi connectivity index (χ4v) is 2.62. The van der Waals surface area contributed by atoms with Crippen LogP contribution in [0.4, 0.5) is 0 Å². The van der Waals surface area contributed by atoms with Crippen LogP contribution in [0.25, 0.3) is 0 Å². The molecule has 1 saturated carbocycles. The molecule has 2 heteroatoms. The van der Waals surface area contributed by atoms with Gasteiger partial charge in [-0.1, -0.05) is 44.2 Å². The Bertz CT molecular complexity index is 383. The number of ketones is 1. The first-order valence-electron chi connectivity index (χ1n) is 7.13. The first-order valence-corrected chi connectivity index (χ1v) is 7.13. The Morgan fingerprint density at radius 2 is 1.94 bits per heavy atom.